The normalized spacial score (nSPS) is 12.3. The Kier molecular flexibility index (Phi) is 4.31. The first kappa shape index (κ1) is 14.1. The number of alkyl halides is 1. The highest BCUT2D eigenvalue weighted by atomic mass is 79.9. The van der Waals surface area contributed by atoms with Gasteiger partial charge in [-0.3, -0.25) is 0 Å². The van der Waals surface area contributed by atoms with Crippen molar-refractivity contribution in [3.05, 3.63) is 64.2 Å². The molecule has 0 spiro atoms. The topological polar surface area (TPSA) is 9.23 Å². The van der Waals surface area contributed by atoms with Crippen LogP contribution in [0.2, 0.25) is 0 Å². The van der Waals surface area contributed by atoms with Crippen LogP contribution in [0.4, 0.5) is 0 Å². The summed E-state index contributed by atoms with van der Waals surface area (Å²) in [5.74, 6) is 0.926. The summed E-state index contributed by atoms with van der Waals surface area (Å²) < 4.78 is 5.49. The number of ether oxygens (including phenoxy) is 1. The third kappa shape index (κ3) is 2.84. The van der Waals surface area contributed by atoms with Gasteiger partial charge >= 0.3 is 0 Å². The third-order valence-electron chi connectivity index (χ3n) is 3.45. The van der Waals surface area contributed by atoms with Gasteiger partial charge in [-0.05, 0) is 43.5 Å². The Morgan fingerprint density at radius 2 is 1.63 bits per heavy atom. The highest BCUT2D eigenvalue weighted by molar-refractivity contribution is 9.09. The fraction of sp³-hybridized carbons (Fsp3) is 0.294. The van der Waals surface area contributed by atoms with E-state index < -0.39 is 0 Å². The lowest BCUT2D eigenvalue weighted by atomic mass is 9.95. The van der Waals surface area contributed by atoms with Crippen LogP contribution in [0, 0.1) is 20.8 Å². The van der Waals surface area contributed by atoms with Gasteiger partial charge in [0.15, 0.2) is 0 Å². The van der Waals surface area contributed by atoms with Crippen molar-refractivity contribution >= 4 is 15.9 Å². The second-order valence-electron chi connectivity index (χ2n) is 4.91. The van der Waals surface area contributed by atoms with Crippen LogP contribution in [0.15, 0.2) is 36.4 Å². The zero-order chi connectivity index (χ0) is 14.0. The predicted octanol–water partition coefficient (Wildman–Crippen LogP) is 5.10. The molecule has 1 nitrogen and oxygen atoms in total. The maximum atomic E-state index is 5.49. The molecule has 0 bridgehead atoms. The lowest BCUT2D eigenvalue weighted by molar-refractivity contribution is 0.410. The van der Waals surface area contributed by atoms with Gasteiger partial charge < -0.3 is 4.74 Å². The van der Waals surface area contributed by atoms with E-state index in [-0.39, 0.29) is 4.83 Å². The van der Waals surface area contributed by atoms with Gasteiger partial charge in [-0.25, -0.2) is 0 Å². The number of hydrogen-bond acceptors (Lipinski definition) is 1. The van der Waals surface area contributed by atoms with Crippen LogP contribution in [0.1, 0.15) is 32.6 Å². The number of benzene rings is 2. The minimum Gasteiger partial charge on any atom is -0.496 e. The van der Waals surface area contributed by atoms with Gasteiger partial charge in [0.1, 0.15) is 5.75 Å². The zero-order valence-corrected chi connectivity index (χ0v) is 13.4. The molecular weight excluding hydrogens is 300 g/mol. The van der Waals surface area contributed by atoms with Crippen LogP contribution in [-0.4, -0.2) is 7.11 Å². The van der Waals surface area contributed by atoms with Crippen LogP contribution in [0.5, 0.6) is 5.75 Å². The summed E-state index contributed by atoms with van der Waals surface area (Å²) in [7, 11) is 1.72. The highest BCUT2D eigenvalue weighted by Crippen LogP contribution is 2.39. The maximum Gasteiger partial charge on any atom is 0.123 e. The first-order valence-corrected chi connectivity index (χ1v) is 7.31. The second kappa shape index (κ2) is 5.79. The van der Waals surface area contributed by atoms with Crippen molar-refractivity contribution in [2.24, 2.45) is 0 Å². The second-order valence-corrected chi connectivity index (χ2v) is 5.83. The summed E-state index contributed by atoms with van der Waals surface area (Å²) in [5.41, 5.74) is 6.34. The summed E-state index contributed by atoms with van der Waals surface area (Å²) in [6.45, 7) is 6.41. The van der Waals surface area contributed by atoms with Crippen LogP contribution >= 0.6 is 15.9 Å². The molecular formula is C17H19BrO. The Morgan fingerprint density at radius 1 is 1.00 bits per heavy atom. The molecule has 0 saturated carbocycles. The van der Waals surface area contributed by atoms with E-state index in [1.807, 2.05) is 6.07 Å². The van der Waals surface area contributed by atoms with E-state index in [2.05, 4.69) is 67.0 Å². The molecule has 0 aliphatic heterocycles. The van der Waals surface area contributed by atoms with Gasteiger partial charge in [0, 0.05) is 5.56 Å². The Balaban J connectivity index is 2.55. The van der Waals surface area contributed by atoms with Crippen molar-refractivity contribution in [2.45, 2.75) is 25.6 Å². The fourth-order valence-electron chi connectivity index (χ4n) is 2.43. The fourth-order valence-corrected chi connectivity index (χ4v) is 3.51. The van der Waals surface area contributed by atoms with Gasteiger partial charge in [0.05, 0.1) is 11.9 Å². The first-order valence-electron chi connectivity index (χ1n) is 6.39. The molecule has 0 amide bonds. The summed E-state index contributed by atoms with van der Waals surface area (Å²) in [4.78, 5) is 0.156. The van der Waals surface area contributed by atoms with Crippen molar-refractivity contribution < 1.29 is 4.74 Å². The Hall–Kier alpha value is -1.28. The van der Waals surface area contributed by atoms with Crippen molar-refractivity contribution in [3.63, 3.8) is 0 Å². The highest BCUT2D eigenvalue weighted by Gasteiger charge is 2.18. The Bertz CT molecular complexity index is 570. The van der Waals surface area contributed by atoms with Crippen molar-refractivity contribution in [1.82, 2.24) is 0 Å². The third-order valence-corrected chi connectivity index (χ3v) is 4.40. The lowest BCUT2D eigenvalue weighted by Crippen LogP contribution is -2.02. The smallest absolute Gasteiger partial charge is 0.123 e. The maximum absolute atomic E-state index is 5.49. The number of aryl methyl sites for hydroxylation is 3. The van der Waals surface area contributed by atoms with Crippen molar-refractivity contribution in [1.29, 1.82) is 0 Å². The summed E-state index contributed by atoms with van der Waals surface area (Å²) in [6, 6.07) is 12.7. The molecule has 1 atom stereocenters. The molecule has 0 fully saturated rings. The average molecular weight is 319 g/mol. The largest absolute Gasteiger partial charge is 0.496 e. The number of halogens is 1. The molecule has 100 valence electrons. The minimum absolute atomic E-state index is 0.156. The Morgan fingerprint density at radius 3 is 2.21 bits per heavy atom. The molecule has 0 aliphatic rings. The van der Waals surface area contributed by atoms with E-state index in [0.717, 1.165) is 5.75 Å². The van der Waals surface area contributed by atoms with E-state index in [9.17, 15) is 0 Å². The molecule has 2 rings (SSSR count). The monoisotopic (exact) mass is 318 g/mol. The predicted molar refractivity (Wildman–Crippen MR) is 84.4 cm³/mol. The quantitative estimate of drug-likeness (QED) is 0.715. The molecule has 0 heterocycles. The van der Waals surface area contributed by atoms with Crippen LogP contribution in [0.25, 0.3) is 0 Å². The molecule has 0 N–H and O–H groups in total. The van der Waals surface area contributed by atoms with E-state index in [1.165, 1.54) is 27.8 Å². The number of methoxy groups -OCH3 is 1. The average Bonchev–Trinajstić information content (AvgIpc) is 2.38. The van der Waals surface area contributed by atoms with Crippen molar-refractivity contribution in [2.75, 3.05) is 7.11 Å². The van der Waals surface area contributed by atoms with Crippen LogP contribution in [0.3, 0.4) is 0 Å². The molecule has 0 aromatic heterocycles. The van der Waals surface area contributed by atoms with E-state index in [4.69, 9.17) is 4.74 Å². The standard InChI is InChI=1S/C17H19BrO/c1-11-8-9-15(19-4)14(10-11)17(18)16-12(2)6-5-7-13(16)3/h5-10,17H,1-4H3. The zero-order valence-electron chi connectivity index (χ0n) is 11.8. The molecule has 2 aromatic rings. The molecule has 1 unspecified atom stereocenters. The van der Waals surface area contributed by atoms with E-state index in [0.29, 0.717) is 0 Å². The van der Waals surface area contributed by atoms with Gasteiger partial charge in [0.2, 0.25) is 0 Å². The minimum atomic E-state index is 0.156. The van der Waals surface area contributed by atoms with Gasteiger partial charge in [0.25, 0.3) is 0 Å². The summed E-state index contributed by atoms with van der Waals surface area (Å²) >= 11 is 3.84. The number of hydrogen-bond donors (Lipinski definition) is 0. The molecule has 0 aliphatic carbocycles. The van der Waals surface area contributed by atoms with Gasteiger partial charge in [-0.1, -0.05) is 51.8 Å². The lowest BCUT2D eigenvalue weighted by Gasteiger charge is -2.19. The first-order chi connectivity index (χ1) is 9.04. The summed E-state index contributed by atoms with van der Waals surface area (Å²) in [5, 5.41) is 0. The number of rotatable bonds is 3. The van der Waals surface area contributed by atoms with Crippen LogP contribution in [-0.2, 0) is 0 Å². The van der Waals surface area contributed by atoms with Crippen LogP contribution < -0.4 is 4.74 Å². The Labute approximate surface area is 123 Å². The molecule has 0 saturated heterocycles. The van der Waals surface area contributed by atoms with E-state index in [1.54, 1.807) is 7.11 Å². The molecule has 2 heteroatoms. The van der Waals surface area contributed by atoms with E-state index >= 15 is 0 Å². The van der Waals surface area contributed by atoms with Gasteiger partial charge in [-0.15, -0.1) is 0 Å². The van der Waals surface area contributed by atoms with Gasteiger partial charge in [-0.2, -0.15) is 0 Å². The molecule has 2 aromatic carbocycles. The van der Waals surface area contributed by atoms with Crippen molar-refractivity contribution in [3.8, 4) is 5.75 Å². The SMILES string of the molecule is COc1ccc(C)cc1C(Br)c1c(C)cccc1C. The summed E-state index contributed by atoms with van der Waals surface area (Å²) in [6.07, 6.45) is 0. The molecule has 19 heavy (non-hydrogen) atoms. The molecule has 0 radical (unpaired) electrons.